The highest BCUT2D eigenvalue weighted by molar-refractivity contribution is 8.22. The summed E-state index contributed by atoms with van der Waals surface area (Å²) in [6.45, 7) is 2.20. The number of hydrogen-bond acceptors (Lipinski definition) is 2. The van der Waals surface area contributed by atoms with E-state index in [2.05, 4.69) is 78.8 Å². The maximum absolute atomic E-state index is 5.64. The minimum absolute atomic E-state index is 0.961. The van der Waals surface area contributed by atoms with Crippen molar-refractivity contribution in [3.05, 3.63) is 83.6 Å². The third-order valence-electron chi connectivity index (χ3n) is 5.09. The Balaban J connectivity index is 1.31. The summed E-state index contributed by atoms with van der Waals surface area (Å²) in [5.41, 5.74) is 5.35. The van der Waals surface area contributed by atoms with Crippen molar-refractivity contribution < 1.29 is 0 Å². The van der Waals surface area contributed by atoms with Crippen LogP contribution in [0.3, 0.4) is 0 Å². The van der Waals surface area contributed by atoms with E-state index in [-0.39, 0.29) is 0 Å². The number of aryl methyl sites for hydroxylation is 2. The molecule has 4 aromatic rings. The van der Waals surface area contributed by atoms with Crippen molar-refractivity contribution in [3.8, 4) is 0 Å². The lowest BCUT2D eigenvalue weighted by atomic mass is 10.0. The van der Waals surface area contributed by atoms with Gasteiger partial charge in [-0.2, -0.15) is 0 Å². The molecule has 0 fully saturated rings. The molecule has 1 heterocycles. The van der Waals surface area contributed by atoms with Crippen LogP contribution in [-0.2, 0) is 12.2 Å². The number of rotatable bonds is 6. The van der Waals surface area contributed by atoms with Crippen LogP contribution in [0.4, 0.5) is 0 Å². The van der Waals surface area contributed by atoms with E-state index >= 15 is 0 Å². The molecule has 1 N–H and O–H groups in total. The molecule has 136 valence electrons. The van der Waals surface area contributed by atoms with Crippen LogP contribution in [-0.4, -0.2) is 9.18 Å². The molecule has 0 radical (unpaired) electrons. The molecule has 0 bridgehead atoms. The van der Waals surface area contributed by atoms with E-state index in [1.165, 1.54) is 38.4 Å². The number of para-hydroxylation sites is 1. The van der Waals surface area contributed by atoms with E-state index in [1.807, 2.05) is 11.8 Å². The average molecular weight is 390 g/mol. The van der Waals surface area contributed by atoms with E-state index in [0.29, 0.717) is 0 Å². The SMILES string of the molecule is Cc1cc2ccccc2cc1CSC(=S)CCCc1c[nH]c2ccccc12. The molecule has 3 aromatic carbocycles. The number of hydrogen-bond donors (Lipinski definition) is 1. The predicted molar refractivity (Wildman–Crippen MR) is 124 cm³/mol. The topological polar surface area (TPSA) is 15.8 Å². The molecule has 0 atom stereocenters. The van der Waals surface area contributed by atoms with Gasteiger partial charge in [-0.05, 0) is 59.7 Å². The molecule has 4 rings (SSSR count). The molecular weight excluding hydrogens is 366 g/mol. The lowest BCUT2D eigenvalue weighted by Gasteiger charge is -2.09. The molecule has 0 saturated carbocycles. The fourth-order valence-corrected chi connectivity index (χ4v) is 4.79. The fraction of sp³-hybridized carbons (Fsp3) is 0.208. The average Bonchev–Trinajstić information content (AvgIpc) is 3.09. The van der Waals surface area contributed by atoms with Gasteiger partial charge in [0.15, 0.2) is 0 Å². The van der Waals surface area contributed by atoms with Gasteiger partial charge in [-0.3, -0.25) is 0 Å². The summed E-state index contributed by atoms with van der Waals surface area (Å²) in [5.74, 6) is 0.961. The molecular formula is C24H23NS2. The van der Waals surface area contributed by atoms with Crippen LogP contribution in [0.15, 0.2) is 66.9 Å². The van der Waals surface area contributed by atoms with Gasteiger partial charge in [0.2, 0.25) is 0 Å². The quantitative estimate of drug-likeness (QED) is 0.350. The van der Waals surface area contributed by atoms with Crippen LogP contribution in [0.5, 0.6) is 0 Å². The molecule has 0 unspecified atom stereocenters. The number of fused-ring (bicyclic) bond motifs is 2. The number of thiocarbonyl (C=S) groups is 1. The first-order chi connectivity index (χ1) is 13.2. The van der Waals surface area contributed by atoms with Gasteiger partial charge in [0.1, 0.15) is 0 Å². The summed E-state index contributed by atoms with van der Waals surface area (Å²) in [6.07, 6.45) is 5.30. The Morgan fingerprint density at radius 1 is 0.963 bits per heavy atom. The summed E-state index contributed by atoms with van der Waals surface area (Å²) in [5, 5.41) is 3.96. The van der Waals surface area contributed by atoms with Crippen molar-refractivity contribution in [1.82, 2.24) is 4.98 Å². The first-order valence-electron chi connectivity index (χ1n) is 9.39. The van der Waals surface area contributed by atoms with Crippen LogP contribution >= 0.6 is 24.0 Å². The monoisotopic (exact) mass is 389 g/mol. The second-order valence-electron chi connectivity index (χ2n) is 7.00. The van der Waals surface area contributed by atoms with Crippen molar-refractivity contribution in [2.24, 2.45) is 0 Å². The first kappa shape index (κ1) is 18.3. The van der Waals surface area contributed by atoms with Crippen molar-refractivity contribution in [1.29, 1.82) is 0 Å². The van der Waals surface area contributed by atoms with Crippen LogP contribution < -0.4 is 0 Å². The predicted octanol–water partition coefficient (Wildman–Crippen LogP) is 7.21. The second kappa shape index (κ2) is 8.28. The standard InChI is InChI=1S/C24H23NS2/c1-17-13-18-7-2-3-8-19(18)14-21(17)16-27-24(26)12-6-9-20-15-25-23-11-5-4-10-22(20)23/h2-5,7-8,10-11,13-15,25H,6,9,12,16H2,1H3. The van der Waals surface area contributed by atoms with Gasteiger partial charge in [-0.1, -0.05) is 66.8 Å². The number of thioether (sulfide) groups is 1. The molecule has 3 heteroatoms. The number of aromatic nitrogens is 1. The van der Waals surface area contributed by atoms with Crippen LogP contribution in [0.1, 0.15) is 29.5 Å². The fourth-order valence-electron chi connectivity index (χ4n) is 3.55. The zero-order valence-electron chi connectivity index (χ0n) is 15.5. The molecule has 0 aliphatic carbocycles. The highest BCUT2D eigenvalue weighted by Gasteiger charge is 2.06. The van der Waals surface area contributed by atoms with Gasteiger partial charge in [0, 0.05) is 27.0 Å². The molecule has 1 nitrogen and oxygen atoms in total. The van der Waals surface area contributed by atoms with E-state index in [4.69, 9.17) is 12.2 Å². The minimum Gasteiger partial charge on any atom is -0.361 e. The largest absolute Gasteiger partial charge is 0.361 e. The van der Waals surface area contributed by atoms with Crippen LogP contribution in [0.2, 0.25) is 0 Å². The molecule has 0 spiro atoms. The Morgan fingerprint density at radius 2 is 1.70 bits per heavy atom. The van der Waals surface area contributed by atoms with E-state index in [0.717, 1.165) is 29.2 Å². The molecule has 0 amide bonds. The van der Waals surface area contributed by atoms with Gasteiger partial charge < -0.3 is 4.98 Å². The summed E-state index contributed by atoms with van der Waals surface area (Å²) in [6, 6.07) is 21.6. The Bertz CT molecular complexity index is 1090. The minimum atomic E-state index is 0.961. The van der Waals surface area contributed by atoms with E-state index in [1.54, 1.807) is 0 Å². The Kier molecular flexibility index (Phi) is 5.61. The smallest absolute Gasteiger partial charge is 0.0481 e. The van der Waals surface area contributed by atoms with Gasteiger partial charge in [0.25, 0.3) is 0 Å². The number of benzene rings is 3. The molecule has 0 aliphatic rings. The Hall–Kier alpha value is -2.10. The van der Waals surface area contributed by atoms with Crippen molar-refractivity contribution in [2.45, 2.75) is 31.9 Å². The first-order valence-corrected chi connectivity index (χ1v) is 10.8. The van der Waals surface area contributed by atoms with Crippen LogP contribution in [0.25, 0.3) is 21.7 Å². The highest BCUT2D eigenvalue weighted by Crippen LogP contribution is 2.25. The zero-order chi connectivity index (χ0) is 18.6. The van der Waals surface area contributed by atoms with Crippen molar-refractivity contribution >= 4 is 49.9 Å². The molecule has 1 aromatic heterocycles. The lowest BCUT2D eigenvalue weighted by Crippen LogP contribution is -1.94. The Morgan fingerprint density at radius 3 is 2.56 bits per heavy atom. The van der Waals surface area contributed by atoms with Gasteiger partial charge >= 0.3 is 0 Å². The number of nitrogens with one attached hydrogen (secondary N) is 1. The third-order valence-corrected chi connectivity index (χ3v) is 6.63. The lowest BCUT2D eigenvalue weighted by molar-refractivity contribution is 0.882. The molecule has 0 saturated heterocycles. The van der Waals surface area contributed by atoms with Crippen molar-refractivity contribution in [2.75, 3.05) is 0 Å². The van der Waals surface area contributed by atoms with Gasteiger partial charge in [-0.15, -0.1) is 11.8 Å². The summed E-state index contributed by atoms with van der Waals surface area (Å²) in [4.78, 5) is 3.36. The van der Waals surface area contributed by atoms with E-state index < -0.39 is 0 Å². The summed E-state index contributed by atoms with van der Waals surface area (Å²) >= 11 is 7.45. The number of H-pyrrole nitrogens is 1. The molecule has 27 heavy (non-hydrogen) atoms. The maximum atomic E-state index is 5.64. The highest BCUT2D eigenvalue weighted by atomic mass is 32.2. The zero-order valence-corrected chi connectivity index (χ0v) is 17.1. The molecule has 0 aliphatic heterocycles. The van der Waals surface area contributed by atoms with Gasteiger partial charge in [-0.25, -0.2) is 0 Å². The van der Waals surface area contributed by atoms with Crippen molar-refractivity contribution in [3.63, 3.8) is 0 Å². The second-order valence-corrected chi connectivity index (χ2v) is 8.82. The van der Waals surface area contributed by atoms with Crippen LogP contribution in [0, 0.1) is 6.92 Å². The van der Waals surface area contributed by atoms with Gasteiger partial charge in [0.05, 0.1) is 0 Å². The summed E-state index contributed by atoms with van der Waals surface area (Å²) < 4.78 is 1.11. The maximum Gasteiger partial charge on any atom is 0.0481 e. The summed E-state index contributed by atoms with van der Waals surface area (Å²) in [7, 11) is 0. The third kappa shape index (κ3) is 4.26. The van der Waals surface area contributed by atoms with E-state index in [9.17, 15) is 0 Å². The Labute approximate surface area is 170 Å². The normalized spacial score (nSPS) is 11.3. The number of aromatic amines is 1.